The first kappa shape index (κ1) is 19.1. The Labute approximate surface area is 182 Å². The molecule has 1 unspecified atom stereocenters. The number of hydrogen-bond acceptors (Lipinski definition) is 6. The maximum atomic E-state index is 12.4. The minimum Gasteiger partial charge on any atom is -0.332 e. The summed E-state index contributed by atoms with van der Waals surface area (Å²) in [5.41, 5.74) is 2.43. The normalized spacial score (nSPS) is 18.9. The van der Waals surface area contributed by atoms with Crippen LogP contribution in [-0.2, 0) is 4.79 Å². The van der Waals surface area contributed by atoms with E-state index in [1.165, 1.54) is 0 Å². The van der Waals surface area contributed by atoms with Gasteiger partial charge in [0.15, 0.2) is 0 Å². The number of anilines is 1. The minimum absolute atomic E-state index is 0.135. The molecule has 7 nitrogen and oxygen atoms in total. The SMILES string of the molecule is O=C1CCCN1C1CN(c2noc(-c3cccc(Cl)c3)n2)N=C1c1ccc(Cl)cc1. The first-order chi connectivity index (χ1) is 14.6. The molecule has 152 valence electrons. The largest absolute Gasteiger partial charge is 0.332 e. The second kappa shape index (κ2) is 7.74. The molecule has 0 bridgehead atoms. The van der Waals surface area contributed by atoms with Crippen molar-refractivity contribution in [1.29, 1.82) is 0 Å². The van der Waals surface area contributed by atoms with Crippen LogP contribution >= 0.6 is 23.2 Å². The van der Waals surface area contributed by atoms with Crippen LogP contribution < -0.4 is 5.01 Å². The van der Waals surface area contributed by atoms with Gasteiger partial charge in [0, 0.05) is 34.1 Å². The summed E-state index contributed by atoms with van der Waals surface area (Å²) in [4.78, 5) is 18.8. The molecule has 9 heteroatoms. The molecular weight excluding hydrogens is 425 g/mol. The Morgan fingerprint density at radius 2 is 1.87 bits per heavy atom. The van der Waals surface area contributed by atoms with Crippen LogP contribution in [0.4, 0.5) is 5.95 Å². The average Bonchev–Trinajstić information content (AvgIpc) is 3.47. The first-order valence-electron chi connectivity index (χ1n) is 9.59. The molecule has 0 aliphatic carbocycles. The maximum absolute atomic E-state index is 12.4. The van der Waals surface area contributed by atoms with Gasteiger partial charge >= 0.3 is 0 Å². The highest BCUT2D eigenvalue weighted by Crippen LogP contribution is 2.28. The van der Waals surface area contributed by atoms with Crippen molar-refractivity contribution in [2.45, 2.75) is 18.9 Å². The van der Waals surface area contributed by atoms with Gasteiger partial charge in [-0.3, -0.25) is 4.79 Å². The van der Waals surface area contributed by atoms with Crippen molar-refractivity contribution in [2.75, 3.05) is 18.1 Å². The molecule has 0 saturated carbocycles. The number of halogens is 2. The number of rotatable bonds is 4. The number of benzene rings is 2. The molecular formula is C21H17Cl2N5O2. The number of hydrazone groups is 1. The van der Waals surface area contributed by atoms with Crippen LogP contribution in [0, 0.1) is 0 Å². The molecule has 0 spiro atoms. The Morgan fingerprint density at radius 1 is 1.03 bits per heavy atom. The number of carbonyl (C=O) groups excluding carboxylic acids is 1. The van der Waals surface area contributed by atoms with E-state index in [0.717, 1.165) is 23.3 Å². The number of carbonyl (C=O) groups is 1. The zero-order valence-electron chi connectivity index (χ0n) is 15.8. The highest BCUT2D eigenvalue weighted by molar-refractivity contribution is 6.31. The van der Waals surface area contributed by atoms with Gasteiger partial charge in [-0.2, -0.15) is 10.1 Å². The lowest BCUT2D eigenvalue weighted by molar-refractivity contribution is -0.128. The second-order valence-electron chi connectivity index (χ2n) is 7.19. The molecule has 1 aromatic heterocycles. The standard InChI is InChI=1S/C21H17Cl2N5O2/c22-15-8-6-13(7-9-15)19-17(27-10-2-5-18(27)29)12-28(25-19)21-24-20(30-26-21)14-3-1-4-16(23)11-14/h1,3-4,6-9,11,17H,2,5,10,12H2. The first-order valence-corrected chi connectivity index (χ1v) is 10.4. The molecule has 30 heavy (non-hydrogen) atoms. The van der Waals surface area contributed by atoms with E-state index in [-0.39, 0.29) is 11.9 Å². The minimum atomic E-state index is -0.186. The van der Waals surface area contributed by atoms with Gasteiger partial charge in [-0.25, -0.2) is 5.01 Å². The Morgan fingerprint density at radius 3 is 2.60 bits per heavy atom. The number of aromatic nitrogens is 2. The fourth-order valence-electron chi connectivity index (χ4n) is 3.79. The van der Waals surface area contributed by atoms with E-state index in [4.69, 9.17) is 32.8 Å². The highest BCUT2D eigenvalue weighted by Gasteiger charge is 2.38. The van der Waals surface area contributed by atoms with E-state index in [1.54, 1.807) is 17.1 Å². The summed E-state index contributed by atoms with van der Waals surface area (Å²) in [6.45, 7) is 1.17. The second-order valence-corrected chi connectivity index (χ2v) is 8.06. The van der Waals surface area contributed by atoms with Gasteiger partial charge < -0.3 is 9.42 Å². The van der Waals surface area contributed by atoms with Crippen molar-refractivity contribution in [2.24, 2.45) is 5.10 Å². The van der Waals surface area contributed by atoms with Crippen LogP contribution in [0.3, 0.4) is 0 Å². The van der Waals surface area contributed by atoms with E-state index in [9.17, 15) is 4.79 Å². The molecule has 0 N–H and O–H groups in total. The van der Waals surface area contributed by atoms with E-state index in [1.807, 2.05) is 41.3 Å². The third kappa shape index (κ3) is 3.55. The van der Waals surface area contributed by atoms with E-state index in [2.05, 4.69) is 10.1 Å². The molecule has 2 aromatic carbocycles. The smallest absolute Gasteiger partial charge is 0.286 e. The van der Waals surface area contributed by atoms with Crippen LogP contribution in [-0.4, -0.2) is 45.8 Å². The lowest BCUT2D eigenvalue weighted by Gasteiger charge is -2.25. The van der Waals surface area contributed by atoms with Gasteiger partial charge in [0.2, 0.25) is 5.91 Å². The van der Waals surface area contributed by atoms with Gasteiger partial charge in [-0.15, -0.1) is 0 Å². The molecule has 1 saturated heterocycles. The molecule has 1 amide bonds. The zero-order chi connectivity index (χ0) is 20.7. The van der Waals surface area contributed by atoms with Crippen LogP contribution in [0.25, 0.3) is 11.5 Å². The number of hydrogen-bond donors (Lipinski definition) is 0. The average molecular weight is 442 g/mol. The van der Waals surface area contributed by atoms with Crippen molar-refractivity contribution >= 4 is 40.8 Å². The lowest BCUT2D eigenvalue weighted by atomic mass is 10.0. The van der Waals surface area contributed by atoms with Gasteiger partial charge in [0.25, 0.3) is 11.8 Å². The van der Waals surface area contributed by atoms with Gasteiger partial charge in [0.05, 0.1) is 18.3 Å². The quantitative estimate of drug-likeness (QED) is 0.604. The van der Waals surface area contributed by atoms with Crippen molar-refractivity contribution in [3.05, 3.63) is 64.1 Å². The van der Waals surface area contributed by atoms with Gasteiger partial charge in [-0.1, -0.05) is 41.4 Å². The Hall–Kier alpha value is -2.90. The predicted molar refractivity (Wildman–Crippen MR) is 115 cm³/mol. The summed E-state index contributed by atoms with van der Waals surface area (Å²) >= 11 is 12.1. The van der Waals surface area contributed by atoms with E-state index in [0.29, 0.717) is 41.4 Å². The van der Waals surface area contributed by atoms with Crippen LogP contribution in [0.1, 0.15) is 18.4 Å². The molecule has 2 aliphatic heterocycles. The Kier molecular flexibility index (Phi) is 4.92. The monoisotopic (exact) mass is 441 g/mol. The third-order valence-corrected chi connectivity index (χ3v) is 5.72. The van der Waals surface area contributed by atoms with Crippen molar-refractivity contribution < 1.29 is 9.32 Å². The fourth-order valence-corrected chi connectivity index (χ4v) is 4.11. The number of likely N-dealkylation sites (tertiary alicyclic amines) is 1. The summed E-state index contributed by atoms with van der Waals surface area (Å²) in [6.07, 6.45) is 1.41. The van der Waals surface area contributed by atoms with Gasteiger partial charge in [0.1, 0.15) is 0 Å². The zero-order valence-corrected chi connectivity index (χ0v) is 17.3. The van der Waals surface area contributed by atoms with Gasteiger partial charge in [-0.05, 0) is 41.9 Å². The van der Waals surface area contributed by atoms with E-state index >= 15 is 0 Å². The Bertz CT molecular complexity index is 1130. The summed E-state index contributed by atoms with van der Waals surface area (Å²) in [5.74, 6) is 0.832. The predicted octanol–water partition coefficient (Wildman–Crippen LogP) is 4.26. The van der Waals surface area contributed by atoms with Crippen LogP contribution in [0.2, 0.25) is 10.0 Å². The van der Waals surface area contributed by atoms with Crippen LogP contribution in [0.5, 0.6) is 0 Å². The molecule has 2 aliphatic rings. The maximum Gasteiger partial charge on any atom is 0.286 e. The fraction of sp³-hybridized carbons (Fsp3) is 0.238. The molecule has 0 radical (unpaired) electrons. The van der Waals surface area contributed by atoms with E-state index < -0.39 is 0 Å². The summed E-state index contributed by atoms with van der Waals surface area (Å²) < 4.78 is 5.43. The highest BCUT2D eigenvalue weighted by atomic mass is 35.5. The van der Waals surface area contributed by atoms with Crippen molar-refractivity contribution in [3.8, 4) is 11.5 Å². The Balaban J connectivity index is 1.48. The topological polar surface area (TPSA) is 74.8 Å². The molecule has 1 atom stereocenters. The summed E-state index contributed by atoms with van der Waals surface area (Å²) in [6, 6.07) is 14.5. The number of amides is 1. The van der Waals surface area contributed by atoms with Crippen LogP contribution in [0.15, 0.2) is 58.2 Å². The third-order valence-electron chi connectivity index (χ3n) is 5.23. The summed E-state index contributed by atoms with van der Waals surface area (Å²) in [5, 5.41) is 11.7. The molecule has 3 heterocycles. The summed E-state index contributed by atoms with van der Waals surface area (Å²) in [7, 11) is 0. The molecule has 1 fully saturated rings. The molecule has 5 rings (SSSR count). The van der Waals surface area contributed by atoms with Crippen molar-refractivity contribution in [3.63, 3.8) is 0 Å². The number of nitrogens with zero attached hydrogens (tertiary/aromatic N) is 5. The molecule has 3 aromatic rings. The lowest BCUT2D eigenvalue weighted by Crippen LogP contribution is -2.44. The van der Waals surface area contributed by atoms with Crippen molar-refractivity contribution in [1.82, 2.24) is 15.0 Å².